The van der Waals surface area contributed by atoms with E-state index in [9.17, 15) is 4.79 Å². The smallest absolute Gasteiger partial charge is 0.214 e. The average Bonchev–Trinajstić information content (AvgIpc) is 2.80. The molecular formula is C16H25ClN2O2. The molecule has 2 rings (SSSR count). The highest BCUT2D eigenvalue weighted by Crippen LogP contribution is 2.43. The van der Waals surface area contributed by atoms with Crippen LogP contribution < -0.4 is 0 Å². The van der Waals surface area contributed by atoms with Crippen LogP contribution in [0.4, 0.5) is 0 Å². The first-order valence-corrected chi connectivity index (χ1v) is 8.04. The standard InChI is InChI=1S/C16H25ClN2O2/c1-5-10-19-13(12(17)11-18-19)14(20)16(21-4)8-6-15(2,3)7-9-16/h11H,5-10H2,1-4H3. The molecule has 0 radical (unpaired) electrons. The minimum Gasteiger partial charge on any atom is -0.370 e. The fourth-order valence-corrected chi connectivity index (χ4v) is 3.27. The molecule has 1 aliphatic rings. The summed E-state index contributed by atoms with van der Waals surface area (Å²) in [4.78, 5) is 13.1. The average molecular weight is 313 g/mol. The highest BCUT2D eigenvalue weighted by molar-refractivity contribution is 6.34. The van der Waals surface area contributed by atoms with Crippen LogP contribution in [-0.4, -0.2) is 28.3 Å². The van der Waals surface area contributed by atoms with Crippen LogP contribution in [0.15, 0.2) is 6.20 Å². The summed E-state index contributed by atoms with van der Waals surface area (Å²) in [7, 11) is 1.63. The van der Waals surface area contributed by atoms with Gasteiger partial charge in [0.2, 0.25) is 5.78 Å². The monoisotopic (exact) mass is 312 g/mol. The van der Waals surface area contributed by atoms with Crippen molar-refractivity contribution in [3.05, 3.63) is 16.9 Å². The van der Waals surface area contributed by atoms with Crippen molar-refractivity contribution in [3.63, 3.8) is 0 Å². The summed E-state index contributed by atoms with van der Waals surface area (Å²) in [6.45, 7) is 7.23. The molecule has 0 amide bonds. The molecular weight excluding hydrogens is 288 g/mol. The fourth-order valence-electron chi connectivity index (χ4n) is 3.04. The Morgan fingerprint density at radius 3 is 2.52 bits per heavy atom. The van der Waals surface area contributed by atoms with Crippen LogP contribution >= 0.6 is 11.6 Å². The van der Waals surface area contributed by atoms with E-state index in [4.69, 9.17) is 16.3 Å². The van der Waals surface area contributed by atoms with E-state index in [1.165, 1.54) is 0 Å². The van der Waals surface area contributed by atoms with E-state index in [0.717, 1.165) is 32.1 Å². The third-order valence-corrected chi connectivity index (χ3v) is 4.94. The molecule has 0 bridgehead atoms. The van der Waals surface area contributed by atoms with E-state index in [-0.39, 0.29) is 11.2 Å². The number of halogens is 1. The van der Waals surface area contributed by atoms with E-state index in [0.29, 0.717) is 17.3 Å². The zero-order chi connectivity index (χ0) is 15.7. The zero-order valence-electron chi connectivity index (χ0n) is 13.4. The highest BCUT2D eigenvalue weighted by Gasteiger charge is 2.46. The van der Waals surface area contributed by atoms with Crippen LogP contribution in [0.3, 0.4) is 0 Å². The van der Waals surface area contributed by atoms with E-state index >= 15 is 0 Å². The lowest BCUT2D eigenvalue weighted by atomic mass is 9.69. The van der Waals surface area contributed by atoms with Crippen molar-refractivity contribution in [2.75, 3.05) is 7.11 Å². The number of ketones is 1. The van der Waals surface area contributed by atoms with Crippen molar-refractivity contribution < 1.29 is 9.53 Å². The van der Waals surface area contributed by atoms with Crippen LogP contribution in [-0.2, 0) is 11.3 Å². The summed E-state index contributed by atoms with van der Waals surface area (Å²) >= 11 is 6.21. The normalized spacial score (nSPS) is 20.4. The molecule has 5 heteroatoms. The van der Waals surface area contributed by atoms with E-state index in [1.807, 2.05) is 0 Å². The summed E-state index contributed by atoms with van der Waals surface area (Å²) in [6.07, 6.45) is 5.90. The minimum absolute atomic E-state index is 0.0172. The molecule has 1 heterocycles. The molecule has 4 nitrogen and oxygen atoms in total. The number of Topliss-reactive ketones (excluding diaryl/α,β-unsaturated/α-hetero) is 1. The number of aryl methyl sites for hydroxylation is 1. The van der Waals surface area contributed by atoms with Gasteiger partial charge in [0.25, 0.3) is 0 Å². The molecule has 0 aromatic carbocycles. The molecule has 1 aromatic heterocycles. The SMILES string of the molecule is CCCn1ncc(Cl)c1C(=O)C1(OC)CCC(C)(C)CC1. The van der Waals surface area contributed by atoms with Gasteiger partial charge in [-0.1, -0.05) is 32.4 Å². The van der Waals surface area contributed by atoms with Crippen LogP contribution in [0, 0.1) is 5.41 Å². The van der Waals surface area contributed by atoms with Crippen molar-refractivity contribution >= 4 is 17.4 Å². The van der Waals surface area contributed by atoms with Gasteiger partial charge in [0.15, 0.2) is 0 Å². The summed E-state index contributed by atoms with van der Waals surface area (Å²) in [5.41, 5.74) is 0.0283. The summed E-state index contributed by atoms with van der Waals surface area (Å²) in [5.74, 6) is -0.0172. The third-order valence-electron chi connectivity index (χ3n) is 4.66. The van der Waals surface area contributed by atoms with Crippen LogP contribution in [0.5, 0.6) is 0 Å². The van der Waals surface area contributed by atoms with Crippen molar-refractivity contribution in [3.8, 4) is 0 Å². The predicted octanol–water partition coefficient (Wildman–Crippen LogP) is 4.11. The van der Waals surface area contributed by atoms with Gasteiger partial charge in [0.1, 0.15) is 11.3 Å². The lowest BCUT2D eigenvalue weighted by molar-refractivity contribution is -0.0389. The molecule has 0 unspecified atom stereocenters. The number of aromatic nitrogens is 2. The van der Waals surface area contributed by atoms with Gasteiger partial charge in [-0.2, -0.15) is 5.10 Å². The first-order chi connectivity index (χ1) is 9.85. The Bertz CT molecular complexity index is 512. The van der Waals surface area contributed by atoms with Crippen LogP contribution in [0.25, 0.3) is 0 Å². The van der Waals surface area contributed by atoms with Gasteiger partial charge in [-0.05, 0) is 37.5 Å². The first-order valence-electron chi connectivity index (χ1n) is 7.66. The minimum atomic E-state index is -0.745. The summed E-state index contributed by atoms with van der Waals surface area (Å²) in [6, 6.07) is 0. The molecule has 118 valence electrons. The van der Waals surface area contributed by atoms with Gasteiger partial charge in [0, 0.05) is 13.7 Å². The molecule has 21 heavy (non-hydrogen) atoms. The lowest BCUT2D eigenvalue weighted by Gasteiger charge is -2.41. The molecule has 0 aliphatic heterocycles. The second kappa shape index (κ2) is 6.09. The Morgan fingerprint density at radius 1 is 1.38 bits per heavy atom. The van der Waals surface area contributed by atoms with Gasteiger partial charge in [-0.25, -0.2) is 0 Å². The molecule has 0 atom stereocenters. The predicted molar refractivity (Wildman–Crippen MR) is 83.8 cm³/mol. The molecule has 0 saturated heterocycles. The van der Waals surface area contributed by atoms with Crippen molar-refractivity contribution in [2.24, 2.45) is 5.41 Å². The Kier molecular flexibility index (Phi) is 4.79. The number of ether oxygens (including phenoxy) is 1. The van der Waals surface area contributed by atoms with Crippen LogP contribution in [0.2, 0.25) is 5.02 Å². The quantitative estimate of drug-likeness (QED) is 0.768. The second-order valence-corrected chi connectivity index (χ2v) is 7.16. The fraction of sp³-hybridized carbons (Fsp3) is 0.750. The van der Waals surface area contributed by atoms with Crippen LogP contribution in [0.1, 0.15) is 63.4 Å². The maximum Gasteiger partial charge on any atom is 0.214 e. The Labute approximate surface area is 131 Å². The Morgan fingerprint density at radius 2 is 2.00 bits per heavy atom. The number of rotatable bonds is 5. The van der Waals surface area contributed by atoms with E-state index in [2.05, 4.69) is 25.9 Å². The Hall–Kier alpha value is -0.870. The van der Waals surface area contributed by atoms with Gasteiger partial charge in [0.05, 0.1) is 11.2 Å². The topological polar surface area (TPSA) is 44.1 Å². The maximum absolute atomic E-state index is 13.1. The second-order valence-electron chi connectivity index (χ2n) is 6.76. The summed E-state index contributed by atoms with van der Waals surface area (Å²) in [5, 5.41) is 4.65. The van der Waals surface area contributed by atoms with Gasteiger partial charge in [-0.3, -0.25) is 9.48 Å². The number of carbonyl (C=O) groups is 1. The molecule has 1 aliphatic carbocycles. The third kappa shape index (κ3) is 3.16. The lowest BCUT2D eigenvalue weighted by Crippen LogP contribution is -2.46. The van der Waals surface area contributed by atoms with E-state index < -0.39 is 5.60 Å². The maximum atomic E-state index is 13.1. The van der Waals surface area contributed by atoms with Crippen molar-refractivity contribution in [2.45, 2.75) is 65.0 Å². The van der Waals surface area contributed by atoms with Gasteiger partial charge in [-0.15, -0.1) is 0 Å². The molecule has 0 N–H and O–H groups in total. The van der Waals surface area contributed by atoms with E-state index in [1.54, 1.807) is 18.0 Å². The first kappa shape index (κ1) is 16.5. The molecule has 1 aromatic rings. The number of hydrogen-bond donors (Lipinski definition) is 0. The number of methoxy groups -OCH3 is 1. The molecule has 1 fully saturated rings. The van der Waals surface area contributed by atoms with Gasteiger partial charge >= 0.3 is 0 Å². The zero-order valence-corrected chi connectivity index (χ0v) is 14.2. The van der Waals surface area contributed by atoms with Gasteiger partial charge < -0.3 is 4.74 Å². The molecule has 0 spiro atoms. The number of hydrogen-bond acceptors (Lipinski definition) is 3. The van der Waals surface area contributed by atoms with Crippen molar-refractivity contribution in [1.82, 2.24) is 9.78 Å². The Balaban J connectivity index is 2.31. The largest absolute Gasteiger partial charge is 0.370 e. The number of nitrogens with zero attached hydrogens (tertiary/aromatic N) is 2. The summed E-state index contributed by atoms with van der Waals surface area (Å²) < 4.78 is 7.41. The highest BCUT2D eigenvalue weighted by atomic mass is 35.5. The number of carbonyl (C=O) groups excluding carboxylic acids is 1. The van der Waals surface area contributed by atoms with Crippen molar-refractivity contribution in [1.29, 1.82) is 0 Å². The molecule has 1 saturated carbocycles.